The Bertz CT molecular complexity index is 556. The first kappa shape index (κ1) is 11.3. The van der Waals surface area contributed by atoms with Crippen LogP contribution in [0.4, 0.5) is 0 Å². The fourth-order valence-electron chi connectivity index (χ4n) is 1.28. The zero-order chi connectivity index (χ0) is 12.5. The molecule has 0 saturated heterocycles. The van der Waals surface area contributed by atoms with Gasteiger partial charge in [0.15, 0.2) is 5.82 Å². The summed E-state index contributed by atoms with van der Waals surface area (Å²) in [6.45, 7) is 3.89. The Morgan fingerprint density at radius 2 is 2.35 bits per heavy atom. The maximum Gasteiger partial charge on any atom is 0.246 e. The van der Waals surface area contributed by atoms with Gasteiger partial charge in [0.25, 0.3) is 0 Å². The van der Waals surface area contributed by atoms with Crippen molar-refractivity contribution in [1.29, 1.82) is 5.26 Å². The van der Waals surface area contributed by atoms with Crippen LogP contribution in [0.15, 0.2) is 16.9 Å². The van der Waals surface area contributed by atoms with Gasteiger partial charge in [-0.25, -0.2) is 4.98 Å². The molecule has 17 heavy (non-hydrogen) atoms. The Morgan fingerprint density at radius 1 is 1.59 bits per heavy atom. The molecule has 0 aliphatic carbocycles. The van der Waals surface area contributed by atoms with E-state index in [2.05, 4.69) is 15.1 Å². The predicted molar refractivity (Wildman–Crippen MR) is 57.6 cm³/mol. The van der Waals surface area contributed by atoms with Crippen LogP contribution in [0.25, 0.3) is 0 Å². The molecule has 2 heterocycles. The van der Waals surface area contributed by atoms with E-state index in [-0.39, 0.29) is 0 Å². The molecule has 88 valence electrons. The van der Waals surface area contributed by atoms with Gasteiger partial charge in [-0.15, -0.1) is 0 Å². The smallest absolute Gasteiger partial charge is 0.246 e. The van der Waals surface area contributed by atoms with Crippen LogP contribution in [0.2, 0.25) is 0 Å². The minimum absolute atomic E-state index is 0.303. The van der Waals surface area contributed by atoms with E-state index in [1.54, 1.807) is 30.8 Å². The largest absolute Gasteiger partial charge is 0.337 e. The lowest BCUT2D eigenvalue weighted by atomic mass is 10.1. The molecule has 7 heteroatoms. The molecule has 0 bridgehead atoms. The Hall–Kier alpha value is -2.20. The number of imidazole rings is 1. The number of nitrogens with two attached hydrogens (primary N) is 1. The Kier molecular flexibility index (Phi) is 2.65. The molecule has 0 unspecified atom stereocenters. The van der Waals surface area contributed by atoms with Gasteiger partial charge in [0.05, 0.1) is 5.54 Å². The maximum atomic E-state index is 8.80. The summed E-state index contributed by atoms with van der Waals surface area (Å²) in [5, 5.41) is 12.6. The number of nitriles is 1. The van der Waals surface area contributed by atoms with E-state index in [1.165, 1.54) is 0 Å². The van der Waals surface area contributed by atoms with E-state index in [0.717, 1.165) is 0 Å². The normalized spacial score (nSPS) is 11.4. The van der Waals surface area contributed by atoms with E-state index in [9.17, 15) is 0 Å². The first-order chi connectivity index (χ1) is 8.00. The molecule has 0 aliphatic heterocycles. The monoisotopic (exact) mass is 232 g/mol. The van der Waals surface area contributed by atoms with E-state index in [4.69, 9.17) is 15.5 Å². The average molecular weight is 232 g/mol. The molecule has 0 aromatic carbocycles. The summed E-state index contributed by atoms with van der Waals surface area (Å²) >= 11 is 0. The van der Waals surface area contributed by atoms with Crippen molar-refractivity contribution in [3.05, 3.63) is 29.9 Å². The van der Waals surface area contributed by atoms with Crippen LogP contribution in [-0.2, 0) is 12.1 Å². The highest BCUT2D eigenvalue weighted by Crippen LogP contribution is 2.13. The van der Waals surface area contributed by atoms with Crippen LogP contribution in [0.3, 0.4) is 0 Å². The molecule has 2 aromatic rings. The second-order valence-corrected chi connectivity index (χ2v) is 4.22. The summed E-state index contributed by atoms with van der Waals surface area (Å²) in [5.41, 5.74) is 5.20. The van der Waals surface area contributed by atoms with Gasteiger partial charge in [0.1, 0.15) is 12.6 Å². The number of nitrogens with zero attached hydrogens (tertiary/aromatic N) is 5. The molecule has 7 nitrogen and oxygen atoms in total. The highest BCUT2D eigenvalue weighted by atomic mass is 16.5. The Balaban J connectivity index is 2.21. The molecule has 0 amide bonds. The van der Waals surface area contributed by atoms with E-state index < -0.39 is 5.54 Å². The lowest BCUT2D eigenvalue weighted by Gasteiger charge is -2.11. The van der Waals surface area contributed by atoms with E-state index in [1.807, 2.05) is 6.07 Å². The second kappa shape index (κ2) is 3.99. The molecule has 0 radical (unpaired) electrons. The standard InChI is InChI=1S/C10H12N6O/c1-10(2,12)9-14-8(17-15-9)6-16-4-3-13-7(16)5-11/h3-4H,6,12H2,1-2H3. The third-order valence-electron chi connectivity index (χ3n) is 2.17. The summed E-state index contributed by atoms with van der Waals surface area (Å²) in [6.07, 6.45) is 3.22. The molecule has 2 aromatic heterocycles. The second-order valence-electron chi connectivity index (χ2n) is 4.22. The molecule has 0 spiro atoms. The van der Waals surface area contributed by atoms with Gasteiger partial charge in [-0.2, -0.15) is 10.2 Å². The van der Waals surface area contributed by atoms with Crippen molar-refractivity contribution >= 4 is 0 Å². The van der Waals surface area contributed by atoms with Gasteiger partial charge in [0, 0.05) is 12.4 Å². The molecular weight excluding hydrogens is 220 g/mol. The van der Waals surface area contributed by atoms with Crippen LogP contribution >= 0.6 is 0 Å². The lowest BCUT2D eigenvalue weighted by Crippen LogP contribution is -2.30. The minimum atomic E-state index is -0.644. The highest BCUT2D eigenvalue weighted by molar-refractivity contribution is 5.12. The van der Waals surface area contributed by atoms with Crippen molar-refractivity contribution in [3.63, 3.8) is 0 Å². The molecule has 2 rings (SSSR count). The van der Waals surface area contributed by atoms with Gasteiger partial charge >= 0.3 is 0 Å². The number of rotatable bonds is 3. The summed E-state index contributed by atoms with van der Waals surface area (Å²) in [5.74, 6) is 1.14. The van der Waals surface area contributed by atoms with Crippen LogP contribution < -0.4 is 5.73 Å². The molecular formula is C10H12N6O. The zero-order valence-corrected chi connectivity index (χ0v) is 9.58. The summed E-state index contributed by atoms with van der Waals surface area (Å²) in [6, 6.07) is 1.97. The quantitative estimate of drug-likeness (QED) is 0.819. The van der Waals surface area contributed by atoms with Gasteiger partial charge in [-0.1, -0.05) is 5.16 Å². The summed E-state index contributed by atoms with van der Waals surface area (Å²) < 4.78 is 6.69. The third kappa shape index (κ3) is 2.32. The van der Waals surface area contributed by atoms with Crippen molar-refractivity contribution in [3.8, 4) is 6.07 Å². The summed E-state index contributed by atoms with van der Waals surface area (Å²) in [4.78, 5) is 8.04. The first-order valence-corrected chi connectivity index (χ1v) is 5.04. The molecule has 0 atom stereocenters. The van der Waals surface area contributed by atoms with Gasteiger partial charge in [-0.05, 0) is 13.8 Å². The molecule has 0 aliphatic rings. The van der Waals surface area contributed by atoms with Crippen LogP contribution in [0, 0.1) is 11.3 Å². The number of hydrogen-bond donors (Lipinski definition) is 1. The van der Waals surface area contributed by atoms with Crippen LogP contribution in [-0.4, -0.2) is 19.7 Å². The maximum absolute atomic E-state index is 8.80. The predicted octanol–water partition coefficient (Wildman–Crippen LogP) is 0.380. The molecule has 2 N–H and O–H groups in total. The Labute approximate surface area is 97.9 Å². The van der Waals surface area contributed by atoms with Crippen LogP contribution in [0.5, 0.6) is 0 Å². The fourth-order valence-corrected chi connectivity index (χ4v) is 1.28. The molecule has 0 fully saturated rings. The summed E-state index contributed by atoms with van der Waals surface area (Å²) in [7, 11) is 0. The van der Waals surface area contributed by atoms with E-state index in [0.29, 0.717) is 24.1 Å². The van der Waals surface area contributed by atoms with Gasteiger partial charge in [-0.3, -0.25) is 0 Å². The van der Waals surface area contributed by atoms with Crippen LogP contribution in [0.1, 0.15) is 31.4 Å². The van der Waals surface area contributed by atoms with Crippen molar-refractivity contribution in [2.24, 2.45) is 5.73 Å². The highest BCUT2D eigenvalue weighted by Gasteiger charge is 2.21. The van der Waals surface area contributed by atoms with Gasteiger partial charge < -0.3 is 14.8 Å². The lowest BCUT2D eigenvalue weighted by molar-refractivity contribution is 0.354. The first-order valence-electron chi connectivity index (χ1n) is 5.04. The van der Waals surface area contributed by atoms with Crippen molar-refractivity contribution in [1.82, 2.24) is 19.7 Å². The molecule has 0 saturated carbocycles. The topological polar surface area (TPSA) is 107 Å². The number of hydrogen-bond acceptors (Lipinski definition) is 6. The van der Waals surface area contributed by atoms with Gasteiger partial charge in [0.2, 0.25) is 11.7 Å². The zero-order valence-electron chi connectivity index (χ0n) is 9.58. The van der Waals surface area contributed by atoms with Crippen molar-refractivity contribution in [2.45, 2.75) is 25.9 Å². The SMILES string of the molecule is CC(C)(N)c1noc(Cn2ccnc2C#N)n1. The van der Waals surface area contributed by atoms with Crippen molar-refractivity contribution in [2.75, 3.05) is 0 Å². The van der Waals surface area contributed by atoms with Crippen molar-refractivity contribution < 1.29 is 4.52 Å². The average Bonchev–Trinajstić information content (AvgIpc) is 2.86. The Morgan fingerprint density at radius 3 is 2.94 bits per heavy atom. The fraction of sp³-hybridized carbons (Fsp3) is 0.400. The number of aromatic nitrogens is 4. The minimum Gasteiger partial charge on any atom is -0.337 e. The van der Waals surface area contributed by atoms with E-state index >= 15 is 0 Å². The third-order valence-corrected chi connectivity index (χ3v) is 2.17.